The minimum atomic E-state index is -1.00. The summed E-state index contributed by atoms with van der Waals surface area (Å²) < 4.78 is 0. The summed E-state index contributed by atoms with van der Waals surface area (Å²) in [6, 6.07) is 6.54. The summed E-state index contributed by atoms with van der Waals surface area (Å²) in [5, 5.41) is 8.96. The number of hydrogen-bond donors (Lipinski definition) is 1. The molecule has 102 valence electrons. The van der Waals surface area contributed by atoms with Crippen LogP contribution in [0.5, 0.6) is 0 Å². The summed E-state index contributed by atoms with van der Waals surface area (Å²) in [5.74, 6) is -0.124. The van der Waals surface area contributed by atoms with Crippen LogP contribution in [0.1, 0.15) is 33.6 Å². The van der Waals surface area contributed by atoms with E-state index >= 15 is 0 Å². The Morgan fingerprint density at radius 3 is 2.84 bits per heavy atom. The first-order chi connectivity index (χ1) is 9.13. The van der Waals surface area contributed by atoms with Crippen molar-refractivity contribution in [3.63, 3.8) is 0 Å². The Labute approximate surface area is 116 Å². The van der Waals surface area contributed by atoms with Crippen LogP contribution in [-0.4, -0.2) is 46.5 Å². The predicted octanol–water partition coefficient (Wildman–Crippen LogP) is 2.35. The summed E-state index contributed by atoms with van der Waals surface area (Å²) in [4.78, 5) is 25.2. The zero-order valence-corrected chi connectivity index (χ0v) is 11.7. The van der Waals surface area contributed by atoms with Gasteiger partial charge in [0.2, 0.25) is 0 Å². The molecule has 0 bridgehead atoms. The highest BCUT2D eigenvalue weighted by Crippen LogP contribution is 2.22. The van der Waals surface area contributed by atoms with Crippen LogP contribution in [0.4, 0.5) is 0 Å². The maximum Gasteiger partial charge on any atom is 0.335 e. The molecule has 1 atom stereocenters. The van der Waals surface area contributed by atoms with Crippen molar-refractivity contribution in [3.8, 4) is 0 Å². The fourth-order valence-electron chi connectivity index (χ4n) is 2.42. The monoisotopic (exact) mass is 279 g/mol. The number of benzene rings is 1. The van der Waals surface area contributed by atoms with Crippen molar-refractivity contribution in [2.45, 2.75) is 18.9 Å². The van der Waals surface area contributed by atoms with Gasteiger partial charge in [0.1, 0.15) is 0 Å². The molecule has 1 aromatic rings. The standard InChI is InChI=1S/C14H17NO3S/c1-19-9-12-6-3-7-15(12)13(16)10-4-2-5-11(8-10)14(17)18/h2,4-5,8,12H,3,6-7,9H2,1H3,(H,17,18). The highest BCUT2D eigenvalue weighted by molar-refractivity contribution is 7.98. The summed E-state index contributed by atoms with van der Waals surface area (Å²) in [6.07, 6.45) is 4.09. The number of thioether (sulfide) groups is 1. The zero-order valence-electron chi connectivity index (χ0n) is 10.8. The molecule has 0 aliphatic carbocycles. The third-order valence-corrected chi connectivity index (χ3v) is 4.07. The van der Waals surface area contributed by atoms with Crippen molar-refractivity contribution in [3.05, 3.63) is 35.4 Å². The van der Waals surface area contributed by atoms with Gasteiger partial charge in [-0.3, -0.25) is 4.79 Å². The van der Waals surface area contributed by atoms with Crippen molar-refractivity contribution in [1.29, 1.82) is 0 Å². The maximum atomic E-state index is 12.4. The van der Waals surface area contributed by atoms with Crippen LogP contribution in [0.3, 0.4) is 0 Å². The molecule has 1 amide bonds. The van der Waals surface area contributed by atoms with Gasteiger partial charge in [0.25, 0.3) is 5.91 Å². The van der Waals surface area contributed by atoms with E-state index < -0.39 is 5.97 Å². The average molecular weight is 279 g/mol. The fourth-order valence-corrected chi connectivity index (χ4v) is 3.15. The number of carbonyl (C=O) groups excluding carboxylic acids is 1. The molecule has 19 heavy (non-hydrogen) atoms. The van der Waals surface area contributed by atoms with E-state index in [0.717, 1.165) is 25.1 Å². The van der Waals surface area contributed by atoms with Crippen LogP contribution in [-0.2, 0) is 0 Å². The SMILES string of the molecule is CSCC1CCCN1C(=O)c1cccc(C(=O)O)c1. The number of carboxylic acid groups (broad SMARTS) is 1. The first-order valence-electron chi connectivity index (χ1n) is 6.26. The number of hydrogen-bond acceptors (Lipinski definition) is 3. The van der Waals surface area contributed by atoms with Gasteiger partial charge in [-0.2, -0.15) is 11.8 Å². The lowest BCUT2D eigenvalue weighted by Crippen LogP contribution is -2.37. The van der Waals surface area contributed by atoms with Crippen molar-refractivity contribution in [1.82, 2.24) is 4.90 Å². The Balaban J connectivity index is 2.19. The maximum absolute atomic E-state index is 12.4. The summed E-state index contributed by atoms with van der Waals surface area (Å²) in [7, 11) is 0. The molecule has 4 nitrogen and oxygen atoms in total. The second-order valence-corrected chi connectivity index (χ2v) is 5.55. The second-order valence-electron chi connectivity index (χ2n) is 4.64. The number of amides is 1. The molecular formula is C14H17NO3S. The van der Waals surface area contributed by atoms with Crippen molar-refractivity contribution in [2.24, 2.45) is 0 Å². The molecule has 1 heterocycles. The number of aromatic carboxylic acids is 1. The molecule has 1 N–H and O–H groups in total. The van der Waals surface area contributed by atoms with Gasteiger partial charge < -0.3 is 10.0 Å². The van der Waals surface area contributed by atoms with Crippen LogP contribution >= 0.6 is 11.8 Å². The second kappa shape index (κ2) is 6.10. The minimum absolute atomic E-state index is 0.0559. The van der Waals surface area contributed by atoms with Gasteiger partial charge in [0.15, 0.2) is 0 Å². The number of carboxylic acids is 1. The smallest absolute Gasteiger partial charge is 0.335 e. The molecule has 1 aliphatic heterocycles. The molecule has 0 spiro atoms. The highest BCUT2D eigenvalue weighted by atomic mass is 32.2. The number of nitrogens with zero attached hydrogens (tertiary/aromatic N) is 1. The summed E-state index contributed by atoms with van der Waals surface area (Å²) in [5.41, 5.74) is 0.624. The normalized spacial score (nSPS) is 18.6. The molecular weight excluding hydrogens is 262 g/mol. The molecule has 1 unspecified atom stereocenters. The lowest BCUT2D eigenvalue weighted by atomic mass is 10.1. The number of rotatable bonds is 4. The third kappa shape index (κ3) is 3.10. The van der Waals surface area contributed by atoms with Gasteiger partial charge >= 0.3 is 5.97 Å². The lowest BCUT2D eigenvalue weighted by Gasteiger charge is -2.24. The Morgan fingerprint density at radius 2 is 2.16 bits per heavy atom. The quantitative estimate of drug-likeness (QED) is 0.919. The van der Waals surface area contributed by atoms with E-state index in [1.54, 1.807) is 23.9 Å². The van der Waals surface area contributed by atoms with E-state index in [-0.39, 0.29) is 17.5 Å². The Hall–Kier alpha value is -1.49. The predicted molar refractivity (Wildman–Crippen MR) is 75.8 cm³/mol. The minimum Gasteiger partial charge on any atom is -0.478 e. The van der Waals surface area contributed by atoms with Gasteiger partial charge in [-0.05, 0) is 37.3 Å². The Kier molecular flexibility index (Phi) is 4.47. The molecule has 5 heteroatoms. The van der Waals surface area contributed by atoms with Crippen LogP contribution in [0, 0.1) is 0 Å². The van der Waals surface area contributed by atoms with Crippen LogP contribution < -0.4 is 0 Å². The van der Waals surface area contributed by atoms with Crippen LogP contribution in [0.25, 0.3) is 0 Å². The van der Waals surface area contributed by atoms with Crippen molar-refractivity contribution >= 4 is 23.6 Å². The van der Waals surface area contributed by atoms with Gasteiger partial charge in [-0.15, -0.1) is 0 Å². The largest absolute Gasteiger partial charge is 0.478 e. The molecule has 1 aliphatic rings. The van der Waals surface area contributed by atoms with Gasteiger partial charge in [0.05, 0.1) is 5.56 Å². The third-order valence-electron chi connectivity index (χ3n) is 3.35. The molecule has 2 rings (SSSR count). The molecule has 1 aromatic carbocycles. The molecule has 0 radical (unpaired) electrons. The summed E-state index contributed by atoms with van der Waals surface area (Å²) >= 11 is 1.74. The van der Waals surface area contributed by atoms with Crippen molar-refractivity contribution in [2.75, 3.05) is 18.6 Å². The van der Waals surface area contributed by atoms with Crippen LogP contribution in [0.2, 0.25) is 0 Å². The Morgan fingerprint density at radius 1 is 1.42 bits per heavy atom. The molecule has 1 saturated heterocycles. The molecule has 1 fully saturated rings. The first-order valence-corrected chi connectivity index (χ1v) is 7.66. The van der Waals surface area contributed by atoms with Crippen molar-refractivity contribution < 1.29 is 14.7 Å². The van der Waals surface area contributed by atoms with E-state index in [4.69, 9.17) is 5.11 Å². The average Bonchev–Trinajstić information content (AvgIpc) is 2.86. The van der Waals surface area contributed by atoms with Crippen LogP contribution in [0.15, 0.2) is 24.3 Å². The Bertz CT molecular complexity index is 489. The molecule has 0 saturated carbocycles. The highest BCUT2D eigenvalue weighted by Gasteiger charge is 2.29. The topological polar surface area (TPSA) is 57.6 Å². The van der Waals surface area contributed by atoms with E-state index in [1.807, 2.05) is 11.2 Å². The number of carbonyl (C=O) groups is 2. The van der Waals surface area contributed by atoms with Gasteiger partial charge in [0, 0.05) is 23.9 Å². The van der Waals surface area contributed by atoms with E-state index in [1.165, 1.54) is 12.1 Å². The number of likely N-dealkylation sites (tertiary alicyclic amines) is 1. The zero-order chi connectivity index (χ0) is 13.8. The molecule has 0 aromatic heterocycles. The lowest BCUT2D eigenvalue weighted by molar-refractivity contribution is 0.0697. The van der Waals surface area contributed by atoms with Gasteiger partial charge in [-0.25, -0.2) is 4.79 Å². The van der Waals surface area contributed by atoms with Gasteiger partial charge in [-0.1, -0.05) is 6.07 Å². The van der Waals surface area contributed by atoms with E-state index in [0.29, 0.717) is 5.56 Å². The van der Waals surface area contributed by atoms with E-state index in [9.17, 15) is 9.59 Å². The fraction of sp³-hybridized carbons (Fsp3) is 0.429. The first kappa shape index (κ1) is 13.9. The van der Waals surface area contributed by atoms with E-state index in [2.05, 4.69) is 0 Å². The summed E-state index contributed by atoms with van der Waals surface area (Å²) in [6.45, 7) is 0.765.